The third-order valence-corrected chi connectivity index (χ3v) is 6.65. The molecule has 0 bridgehead atoms. The van der Waals surface area contributed by atoms with E-state index in [0.717, 1.165) is 10.7 Å². The van der Waals surface area contributed by atoms with Crippen LogP contribution in [0.25, 0.3) is 11.2 Å². The Hall–Kier alpha value is -3.38. The Bertz CT molecular complexity index is 1240. The zero-order valence-electron chi connectivity index (χ0n) is 18.5. The lowest BCUT2D eigenvalue weighted by molar-refractivity contribution is -0.141. The van der Waals surface area contributed by atoms with E-state index >= 15 is 0 Å². The third-order valence-electron chi connectivity index (χ3n) is 6.65. The molecule has 2 aliphatic rings. The molecule has 3 aromatic heterocycles. The highest BCUT2D eigenvalue weighted by Crippen LogP contribution is 2.42. The van der Waals surface area contributed by atoms with Crippen molar-refractivity contribution in [1.29, 1.82) is 0 Å². The number of hydrogen-bond donors (Lipinski definition) is 0. The maximum atomic E-state index is 13.0. The molecule has 3 aromatic rings. The van der Waals surface area contributed by atoms with Crippen LogP contribution in [0.2, 0.25) is 0 Å². The summed E-state index contributed by atoms with van der Waals surface area (Å²) in [5, 5.41) is 3.93. The van der Waals surface area contributed by atoms with E-state index < -0.39 is 24.8 Å². The van der Waals surface area contributed by atoms with Crippen LogP contribution in [-0.2, 0) is 24.1 Å². The highest BCUT2D eigenvalue weighted by molar-refractivity contribution is 5.79. The lowest BCUT2D eigenvalue weighted by atomic mass is 9.77. The van der Waals surface area contributed by atoms with Crippen LogP contribution in [0.15, 0.2) is 30.6 Å². The number of piperidine rings is 1. The number of carbonyl (C=O) groups is 1. The summed E-state index contributed by atoms with van der Waals surface area (Å²) in [6.07, 6.45) is -2.43. The minimum Gasteiger partial charge on any atom is -0.355 e. The Labute approximate surface area is 196 Å². The zero-order chi connectivity index (χ0) is 24.8. The Morgan fingerprint density at radius 1 is 1.09 bits per heavy atom. The number of halogens is 5. The van der Waals surface area contributed by atoms with Crippen LogP contribution in [0.5, 0.6) is 0 Å². The number of hydrogen-bond acceptors (Lipinski definition) is 6. The number of rotatable bonds is 5. The van der Waals surface area contributed by atoms with Crippen molar-refractivity contribution in [3.8, 4) is 0 Å². The second kappa shape index (κ2) is 8.68. The molecular formula is C22H22F5N7O. The lowest BCUT2D eigenvalue weighted by Gasteiger charge is -2.39. The first kappa shape index (κ1) is 23.4. The minimum absolute atomic E-state index is 0.0322. The first-order chi connectivity index (χ1) is 16.6. The number of anilines is 1. The molecule has 2 fully saturated rings. The molecule has 2 saturated heterocycles. The average Bonchev–Trinajstić information content (AvgIpc) is 3.33. The van der Waals surface area contributed by atoms with E-state index in [1.54, 1.807) is 11.1 Å². The van der Waals surface area contributed by atoms with Crippen molar-refractivity contribution in [2.24, 2.45) is 5.41 Å². The monoisotopic (exact) mass is 495 g/mol. The maximum Gasteiger partial charge on any atom is 0.433 e. The lowest BCUT2D eigenvalue weighted by Crippen LogP contribution is -2.42. The van der Waals surface area contributed by atoms with Crippen LogP contribution in [0.4, 0.5) is 27.8 Å². The third kappa shape index (κ3) is 4.76. The van der Waals surface area contributed by atoms with Gasteiger partial charge in [0.15, 0.2) is 5.65 Å². The fourth-order valence-electron chi connectivity index (χ4n) is 4.85. The summed E-state index contributed by atoms with van der Waals surface area (Å²) in [5.41, 5.74) is -0.323. The number of alkyl halides is 5. The van der Waals surface area contributed by atoms with Gasteiger partial charge in [0.25, 0.3) is 6.43 Å². The molecule has 0 N–H and O–H groups in total. The molecule has 5 rings (SSSR count). The van der Waals surface area contributed by atoms with E-state index in [-0.39, 0.29) is 23.6 Å². The van der Waals surface area contributed by atoms with Gasteiger partial charge in [-0.3, -0.25) is 4.79 Å². The van der Waals surface area contributed by atoms with E-state index in [1.165, 1.54) is 18.3 Å². The molecule has 8 nitrogen and oxygen atoms in total. The normalized spacial score (nSPS) is 18.4. The van der Waals surface area contributed by atoms with Gasteiger partial charge in [0.2, 0.25) is 5.91 Å². The van der Waals surface area contributed by atoms with Crippen LogP contribution in [0.3, 0.4) is 0 Å². The Morgan fingerprint density at radius 3 is 2.57 bits per heavy atom. The fraction of sp³-hybridized carbons (Fsp3) is 0.500. The predicted octanol–water partition coefficient (Wildman–Crippen LogP) is 3.52. The first-order valence-electron chi connectivity index (χ1n) is 11.1. The highest BCUT2D eigenvalue weighted by Gasteiger charge is 2.45. The van der Waals surface area contributed by atoms with Gasteiger partial charge in [-0.15, -0.1) is 0 Å². The minimum atomic E-state index is -4.54. The Balaban J connectivity index is 1.25. The van der Waals surface area contributed by atoms with Crippen LogP contribution in [0, 0.1) is 5.41 Å². The van der Waals surface area contributed by atoms with Crippen molar-refractivity contribution in [3.05, 3.63) is 42.0 Å². The van der Waals surface area contributed by atoms with E-state index in [4.69, 9.17) is 0 Å². The van der Waals surface area contributed by atoms with Crippen LogP contribution < -0.4 is 4.90 Å². The van der Waals surface area contributed by atoms with Gasteiger partial charge in [0.05, 0.1) is 24.6 Å². The van der Waals surface area contributed by atoms with Crippen molar-refractivity contribution in [3.63, 3.8) is 0 Å². The molecule has 0 aliphatic carbocycles. The van der Waals surface area contributed by atoms with Gasteiger partial charge in [-0.1, -0.05) is 6.07 Å². The standard InChI is InChI=1S/C22H22F5N7O/c23-17(24)12-34-20-15(9-29-34)28-10-18(31-20)32-6-4-21(5-7-32)8-19(35)33(13-21)11-14-2-1-3-16(30-14)22(25,26)27/h1-3,9-10,17H,4-8,11-13H2. The summed E-state index contributed by atoms with van der Waals surface area (Å²) in [5.74, 6) is 0.451. The van der Waals surface area contributed by atoms with Gasteiger partial charge in [-0.05, 0) is 25.0 Å². The molecule has 0 saturated carbocycles. The number of fused-ring (bicyclic) bond motifs is 1. The quantitative estimate of drug-likeness (QED) is 0.504. The van der Waals surface area contributed by atoms with Gasteiger partial charge in [0, 0.05) is 31.5 Å². The van der Waals surface area contributed by atoms with Crippen molar-refractivity contribution in [2.75, 3.05) is 24.5 Å². The largest absolute Gasteiger partial charge is 0.433 e. The van der Waals surface area contributed by atoms with Gasteiger partial charge < -0.3 is 9.80 Å². The number of amides is 1. The number of aromatic nitrogens is 5. The smallest absolute Gasteiger partial charge is 0.355 e. The van der Waals surface area contributed by atoms with Crippen molar-refractivity contribution >= 4 is 22.9 Å². The van der Waals surface area contributed by atoms with E-state index in [1.807, 2.05) is 4.90 Å². The molecule has 2 aliphatic heterocycles. The molecule has 0 atom stereocenters. The number of nitrogens with zero attached hydrogens (tertiary/aromatic N) is 7. The molecular weight excluding hydrogens is 473 g/mol. The molecule has 35 heavy (non-hydrogen) atoms. The van der Waals surface area contributed by atoms with Gasteiger partial charge in [0.1, 0.15) is 23.6 Å². The molecule has 0 radical (unpaired) electrons. The molecule has 0 aromatic carbocycles. The topological polar surface area (TPSA) is 80.0 Å². The highest BCUT2D eigenvalue weighted by atomic mass is 19.4. The molecule has 1 spiro atoms. The van der Waals surface area contributed by atoms with E-state index in [2.05, 4.69) is 20.1 Å². The summed E-state index contributed by atoms with van der Waals surface area (Å²) in [6.45, 7) is 1.09. The summed E-state index contributed by atoms with van der Waals surface area (Å²) >= 11 is 0. The molecule has 186 valence electrons. The maximum absolute atomic E-state index is 13.0. The second-order valence-corrected chi connectivity index (χ2v) is 9.08. The van der Waals surface area contributed by atoms with E-state index in [0.29, 0.717) is 55.9 Å². The molecule has 13 heteroatoms. The SMILES string of the molecule is O=C1CC2(CCN(c3cnc4cnn(CC(F)F)c4n3)CC2)CN1Cc1cccc(C(F)(F)F)n1. The number of likely N-dealkylation sites (tertiary alicyclic amines) is 1. The van der Waals surface area contributed by atoms with Crippen LogP contribution in [0.1, 0.15) is 30.7 Å². The molecule has 0 unspecified atom stereocenters. The molecule has 5 heterocycles. The first-order valence-corrected chi connectivity index (χ1v) is 11.1. The Morgan fingerprint density at radius 2 is 1.86 bits per heavy atom. The summed E-state index contributed by atoms with van der Waals surface area (Å²) in [6, 6.07) is 3.70. The van der Waals surface area contributed by atoms with Crippen molar-refractivity contribution in [2.45, 2.75) is 45.0 Å². The summed E-state index contributed by atoms with van der Waals surface area (Å²) in [4.78, 5) is 28.7. The van der Waals surface area contributed by atoms with Crippen molar-refractivity contribution in [1.82, 2.24) is 29.6 Å². The Kier molecular flexibility index (Phi) is 5.80. The summed E-state index contributed by atoms with van der Waals surface area (Å²) in [7, 11) is 0. The van der Waals surface area contributed by atoms with Gasteiger partial charge in [-0.25, -0.2) is 28.4 Å². The number of carbonyl (C=O) groups excluding carboxylic acids is 1. The van der Waals surface area contributed by atoms with E-state index in [9.17, 15) is 26.7 Å². The average molecular weight is 495 g/mol. The van der Waals surface area contributed by atoms with Crippen molar-refractivity contribution < 1.29 is 26.7 Å². The zero-order valence-corrected chi connectivity index (χ0v) is 18.5. The second-order valence-electron chi connectivity index (χ2n) is 9.08. The van der Waals surface area contributed by atoms with Crippen LogP contribution in [-0.4, -0.2) is 61.6 Å². The predicted molar refractivity (Wildman–Crippen MR) is 114 cm³/mol. The fourth-order valence-corrected chi connectivity index (χ4v) is 4.85. The van der Waals surface area contributed by atoms with Crippen LogP contribution >= 0.6 is 0 Å². The van der Waals surface area contributed by atoms with Gasteiger partial charge >= 0.3 is 6.18 Å². The summed E-state index contributed by atoms with van der Waals surface area (Å²) < 4.78 is 65.7. The van der Waals surface area contributed by atoms with Gasteiger partial charge in [-0.2, -0.15) is 18.3 Å². The number of pyridine rings is 1. The molecule has 1 amide bonds.